The SMILES string of the molecule is C[C@H]1CCCC[C@H]1NC(=O)CSc1nnc(-c2cccnc2)o1. The molecule has 0 aromatic carbocycles. The van der Waals surface area contributed by atoms with Crippen molar-refractivity contribution in [2.45, 2.75) is 43.9 Å². The number of carbonyl (C=O) groups is 1. The molecule has 2 atom stereocenters. The van der Waals surface area contributed by atoms with Gasteiger partial charge in [-0.25, -0.2) is 0 Å². The highest BCUT2D eigenvalue weighted by Crippen LogP contribution is 2.25. The molecule has 122 valence electrons. The van der Waals surface area contributed by atoms with E-state index >= 15 is 0 Å². The fourth-order valence-electron chi connectivity index (χ4n) is 2.78. The van der Waals surface area contributed by atoms with Gasteiger partial charge in [0.25, 0.3) is 5.22 Å². The Bertz CT molecular complexity index is 647. The number of carbonyl (C=O) groups excluding carboxylic acids is 1. The van der Waals surface area contributed by atoms with Gasteiger partial charge in [-0.2, -0.15) is 0 Å². The van der Waals surface area contributed by atoms with Crippen molar-refractivity contribution < 1.29 is 9.21 Å². The van der Waals surface area contributed by atoms with Crippen LogP contribution in [-0.4, -0.2) is 32.9 Å². The lowest BCUT2D eigenvalue weighted by Crippen LogP contribution is -2.41. The number of aromatic nitrogens is 3. The number of nitrogens with zero attached hydrogens (tertiary/aromatic N) is 3. The summed E-state index contributed by atoms with van der Waals surface area (Å²) < 4.78 is 5.55. The van der Waals surface area contributed by atoms with Crippen LogP contribution in [0.1, 0.15) is 32.6 Å². The summed E-state index contributed by atoms with van der Waals surface area (Å²) in [4.78, 5) is 16.1. The number of hydrogen-bond donors (Lipinski definition) is 1. The Morgan fingerprint density at radius 2 is 2.26 bits per heavy atom. The van der Waals surface area contributed by atoms with Gasteiger partial charge in [0.2, 0.25) is 11.8 Å². The topological polar surface area (TPSA) is 80.9 Å². The van der Waals surface area contributed by atoms with Gasteiger partial charge in [-0.3, -0.25) is 9.78 Å². The molecular weight excluding hydrogens is 312 g/mol. The molecule has 2 heterocycles. The molecule has 1 amide bonds. The van der Waals surface area contributed by atoms with E-state index in [0.29, 0.717) is 23.1 Å². The Morgan fingerprint density at radius 1 is 1.39 bits per heavy atom. The van der Waals surface area contributed by atoms with Gasteiger partial charge in [-0.1, -0.05) is 31.5 Å². The number of rotatable bonds is 5. The summed E-state index contributed by atoms with van der Waals surface area (Å²) >= 11 is 1.26. The van der Waals surface area contributed by atoms with E-state index in [0.717, 1.165) is 12.0 Å². The van der Waals surface area contributed by atoms with Crippen LogP contribution in [-0.2, 0) is 4.79 Å². The molecule has 7 heteroatoms. The van der Waals surface area contributed by atoms with Crippen LogP contribution in [0.3, 0.4) is 0 Å². The van der Waals surface area contributed by atoms with E-state index in [2.05, 4.69) is 27.4 Å². The fourth-order valence-corrected chi connectivity index (χ4v) is 3.35. The van der Waals surface area contributed by atoms with E-state index in [1.165, 1.54) is 31.0 Å². The largest absolute Gasteiger partial charge is 0.411 e. The molecule has 1 aliphatic rings. The Labute approximate surface area is 139 Å². The Hall–Kier alpha value is -1.89. The highest BCUT2D eigenvalue weighted by Gasteiger charge is 2.23. The fraction of sp³-hybridized carbons (Fsp3) is 0.500. The average molecular weight is 332 g/mol. The minimum Gasteiger partial charge on any atom is -0.411 e. The molecule has 0 unspecified atom stereocenters. The second kappa shape index (κ2) is 7.59. The standard InChI is InChI=1S/C16H20N4O2S/c1-11-5-2-3-7-13(11)18-14(21)10-23-16-20-19-15(22-16)12-6-4-8-17-9-12/h4,6,8-9,11,13H,2-3,5,7,10H2,1H3,(H,18,21)/t11-,13+/m0/s1. The molecule has 6 nitrogen and oxygen atoms in total. The summed E-state index contributed by atoms with van der Waals surface area (Å²) in [5.74, 6) is 1.29. The quantitative estimate of drug-likeness (QED) is 0.848. The zero-order chi connectivity index (χ0) is 16.1. The number of thioether (sulfide) groups is 1. The van der Waals surface area contributed by atoms with Gasteiger partial charge in [-0.05, 0) is 30.9 Å². The maximum Gasteiger partial charge on any atom is 0.277 e. The molecule has 0 bridgehead atoms. The molecule has 1 aliphatic carbocycles. The normalized spacial score (nSPS) is 21.1. The molecule has 1 N–H and O–H groups in total. The Morgan fingerprint density at radius 3 is 3.04 bits per heavy atom. The van der Waals surface area contributed by atoms with E-state index in [9.17, 15) is 4.79 Å². The highest BCUT2D eigenvalue weighted by atomic mass is 32.2. The average Bonchev–Trinajstić information content (AvgIpc) is 3.05. The third-order valence-electron chi connectivity index (χ3n) is 4.10. The summed E-state index contributed by atoms with van der Waals surface area (Å²) in [6.07, 6.45) is 8.08. The maximum absolute atomic E-state index is 12.1. The molecule has 0 saturated heterocycles. The van der Waals surface area contributed by atoms with E-state index < -0.39 is 0 Å². The van der Waals surface area contributed by atoms with E-state index in [4.69, 9.17) is 4.42 Å². The van der Waals surface area contributed by atoms with Gasteiger partial charge >= 0.3 is 0 Å². The molecule has 3 rings (SSSR count). The molecule has 1 saturated carbocycles. The molecule has 0 spiro atoms. The van der Waals surface area contributed by atoms with Crippen molar-refractivity contribution >= 4 is 17.7 Å². The van der Waals surface area contributed by atoms with Crippen molar-refractivity contribution in [1.29, 1.82) is 0 Å². The summed E-state index contributed by atoms with van der Waals surface area (Å²) in [5, 5.41) is 11.5. The van der Waals surface area contributed by atoms with Gasteiger partial charge in [0.1, 0.15) is 0 Å². The predicted octanol–water partition coefficient (Wildman–Crippen LogP) is 2.92. The van der Waals surface area contributed by atoms with Gasteiger partial charge < -0.3 is 9.73 Å². The number of hydrogen-bond acceptors (Lipinski definition) is 6. The number of nitrogens with one attached hydrogen (secondary N) is 1. The van der Waals surface area contributed by atoms with Crippen LogP contribution in [0.15, 0.2) is 34.2 Å². The summed E-state index contributed by atoms with van der Waals surface area (Å²) in [7, 11) is 0. The van der Waals surface area contributed by atoms with Crippen molar-refractivity contribution in [2.24, 2.45) is 5.92 Å². The Kier molecular flexibility index (Phi) is 5.27. The smallest absolute Gasteiger partial charge is 0.277 e. The molecule has 0 radical (unpaired) electrons. The molecule has 2 aromatic rings. The minimum atomic E-state index is 0.0230. The van der Waals surface area contributed by atoms with Crippen LogP contribution in [0.25, 0.3) is 11.5 Å². The minimum absolute atomic E-state index is 0.0230. The lowest BCUT2D eigenvalue weighted by molar-refractivity contribution is -0.119. The molecule has 1 fully saturated rings. The van der Waals surface area contributed by atoms with E-state index in [1.807, 2.05) is 12.1 Å². The van der Waals surface area contributed by atoms with Crippen LogP contribution >= 0.6 is 11.8 Å². The van der Waals surface area contributed by atoms with Gasteiger partial charge in [0.05, 0.1) is 11.3 Å². The summed E-state index contributed by atoms with van der Waals surface area (Å²) in [6, 6.07) is 3.96. The second-order valence-electron chi connectivity index (χ2n) is 5.84. The molecule has 2 aromatic heterocycles. The first-order valence-electron chi connectivity index (χ1n) is 7.88. The first-order valence-corrected chi connectivity index (χ1v) is 8.87. The first kappa shape index (κ1) is 16.0. The summed E-state index contributed by atoms with van der Waals surface area (Å²) in [6.45, 7) is 2.20. The highest BCUT2D eigenvalue weighted by molar-refractivity contribution is 7.99. The van der Waals surface area contributed by atoms with Crippen LogP contribution in [0.4, 0.5) is 0 Å². The van der Waals surface area contributed by atoms with Gasteiger partial charge in [0, 0.05) is 18.4 Å². The zero-order valence-corrected chi connectivity index (χ0v) is 13.9. The number of pyridine rings is 1. The first-order chi connectivity index (χ1) is 11.2. The molecule has 0 aliphatic heterocycles. The Balaban J connectivity index is 1.50. The van der Waals surface area contributed by atoms with Gasteiger partial charge in [0.15, 0.2) is 0 Å². The van der Waals surface area contributed by atoms with E-state index in [1.54, 1.807) is 12.4 Å². The molecule has 23 heavy (non-hydrogen) atoms. The van der Waals surface area contributed by atoms with Crippen LogP contribution in [0.2, 0.25) is 0 Å². The van der Waals surface area contributed by atoms with E-state index in [-0.39, 0.29) is 11.7 Å². The third-order valence-corrected chi connectivity index (χ3v) is 4.92. The summed E-state index contributed by atoms with van der Waals surface area (Å²) in [5.41, 5.74) is 0.771. The van der Waals surface area contributed by atoms with Gasteiger partial charge in [-0.15, -0.1) is 10.2 Å². The van der Waals surface area contributed by atoms with Crippen molar-refractivity contribution in [2.75, 3.05) is 5.75 Å². The maximum atomic E-state index is 12.1. The van der Waals surface area contributed by atoms with Crippen LogP contribution in [0.5, 0.6) is 0 Å². The molecular formula is C16H20N4O2S. The third kappa shape index (κ3) is 4.31. The zero-order valence-electron chi connectivity index (χ0n) is 13.1. The second-order valence-corrected chi connectivity index (χ2v) is 6.77. The van der Waals surface area contributed by atoms with Crippen molar-refractivity contribution in [1.82, 2.24) is 20.5 Å². The number of amides is 1. The monoisotopic (exact) mass is 332 g/mol. The van der Waals surface area contributed by atoms with Crippen molar-refractivity contribution in [3.05, 3.63) is 24.5 Å². The predicted molar refractivity (Wildman–Crippen MR) is 87.8 cm³/mol. The van der Waals surface area contributed by atoms with Crippen LogP contribution < -0.4 is 5.32 Å². The van der Waals surface area contributed by atoms with Crippen LogP contribution in [0, 0.1) is 5.92 Å². The van der Waals surface area contributed by atoms with Crippen molar-refractivity contribution in [3.8, 4) is 11.5 Å². The lowest BCUT2D eigenvalue weighted by Gasteiger charge is -2.29. The lowest BCUT2D eigenvalue weighted by atomic mass is 9.86. The van der Waals surface area contributed by atoms with Crippen molar-refractivity contribution in [3.63, 3.8) is 0 Å².